The summed E-state index contributed by atoms with van der Waals surface area (Å²) in [5.74, 6) is -2.28. The van der Waals surface area contributed by atoms with Crippen LogP contribution in [0.2, 0.25) is 0 Å². The van der Waals surface area contributed by atoms with Crippen LogP contribution in [-0.4, -0.2) is 31.1 Å². The Balaban J connectivity index is 2.29. The van der Waals surface area contributed by atoms with Gasteiger partial charge in [0.2, 0.25) is 0 Å². The van der Waals surface area contributed by atoms with Crippen LogP contribution in [0, 0.1) is 0 Å². The number of esters is 2. The fourth-order valence-electron chi connectivity index (χ4n) is 2.42. The molecule has 0 fully saturated rings. The third-order valence-electron chi connectivity index (χ3n) is 3.34. The molecular weight excluding hydrogens is 306 g/mol. The van der Waals surface area contributed by atoms with E-state index in [0.29, 0.717) is 10.6 Å². The van der Waals surface area contributed by atoms with E-state index in [1.165, 1.54) is 11.3 Å². The van der Waals surface area contributed by atoms with Gasteiger partial charge in [-0.2, -0.15) is 0 Å². The molecule has 1 heterocycles. The Morgan fingerprint density at radius 1 is 1.09 bits per heavy atom. The molecular formula is C15H19NO5S. The molecule has 22 heavy (non-hydrogen) atoms. The van der Waals surface area contributed by atoms with Gasteiger partial charge < -0.3 is 14.8 Å². The lowest BCUT2D eigenvalue weighted by Crippen LogP contribution is -2.25. The zero-order valence-corrected chi connectivity index (χ0v) is 13.5. The van der Waals surface area contributed by atoms with Crippen LogP contribution in [0.3, 0.4) is 0 Å². The minimum absolute atomic E-state index is 0.123. The molecule has 1 amide bonds. The Morgan fingerprint density at radius 3 is 2.45 bits per heavy atom. The van der Waals surface area contributed by atoms with Crippen molar-refractivity contribution in [2.24, 2.45) is 0 Å². The minimum atomic E-state index is -0.955. The van der Waals surface area contributed by atoms with Gasteiger partial charge in [-0.25, -0.2) is 9.59 Å². The van der Waals surface area contributed by atoms with E-state index in [0.717, 1.165) is 36.1 Å². The average Bonchev–Trinajstić information content (AvgIpc) is 2.85. The van der Waals surface area contributed by atoms with E-state index in [9.17, 15) is 14.4 Å². The highest BCUT2D eigenvalue weighted by atomic mass is 32.1. The number of anilines is 1. The lowest BCUT2D eigenvalue weighted by Gasteiger charge is -2.12. The lowest BCUT2D eigenvalue weighted by molar-refractivity contribution is -0.152. The van der Waals surface area contributed by atoms with Crippen LogP contribution in [0.15, 0.2) is 0 Å². The van der Waals surface area contributed by atoms with Gasteiger partial charge >= 0.3 is 17.8 Å². The van der Waals surface area contributed by atoms with Crippen molar-refractivity contribution in [3.05, 3.63) is 16.0 Å². The number of nitrogens with one attached hydrogen (secondary N) is 1. The molecule has 0 bridgehead atoms. The summed E-state index contributed by atoms with van der Waals surface area (Å²) >= 11 is 1.34. The minimum Gasteiger partial charge on any atom is -0.462 e. The number of hydrogen-bond acceptors (Lipinski definition) is 6. The van der Waals surface area contributed by atoms with Gasteiger partial charge in [0.05, 0.1) is 18.8 Å². The number of aryl methyl sites for hydroxylation is 1. The Bertz CT molecular complexity index is 593. The molecule has 0 unspecified atom stereocenters. The molecule has 0 spiro atoms. The topological polar surface area (TPSA) is 81.7 Å². The number of carbonyl (C=O) groups is 3. The first-order valence-electron chi connectivity index (χ1n) is 7.38. The van der Waals surface area contributed by atoms with Crippen molar-refractivity contribution in [3.8, 4) is 0 Å². The van der Waals surface area contributed by atoms with E-state index in [2.05, 4.69) is 10.1 Å². The third kappa shape index (κ3) is 3.47. The molecule has 0 radical (unpaired) electrons. The van der Waals surface area contributed by atoms with Gasteiger partial charge in [-0.1, -0.05) is 0 Å². The highest BCUT2D eigenvalue weighted by molar-refractivity contribution is 7.17. The van der Waals surface area contributed by atoms with Crippen molar-refractivity contribution in [2.75, 3.05) is 18.5 Å². The summed E-state index contributed by atoms with van der Waals surface area (Å²) in [5.41, 5.74) is 1.33. The van der Waals surface area contributed by atoms with Gasteiger partial charge in [0, 0.05) is 4.88 Å². The number of hydrogen-bond donors (Lipinski definition) is 1. The normalized spacial score (nSPS) is 13.2. The molecule has 0 saturated carbocycles. The van der Waals surface area contributed by atoms with Crippen molar-refractivity contribution in [1.29, 1.82) is 0 Å². The molecule has 1 aliphatic carbocycles. The average molecular weight is 325 g/mol. The van der Waals surface area contributed by atoms with E-state index >= 15 is 0 Å². The number of carbonyl (C=O) groups excluding carboxylic acids is 3. The Morgan fingerprint density at radius 2 is 1.77 bits per heavy atom. The molecule has 7 heteroatoms. The van der Waals surface area contributed by atoms with Gasteiger partial charge in [-0.3, -0.25) is 4.79 Å². The predicted molar refractivity (Wildman–Crippen MR) is 82.2 cm³/mol. The maximum atomic E-state index is 12.2. The van der Waals surface area contributed by atoms with Crippen LogP contribution in [0.1, 0.15) is 47.5 Å². The zero-order valence-electron chi connectivity index (χ0n) is 12.7. The van der Waals surface area contributed by atoms with Crippen molar-refractivity contribution >= 4 is 34.2 Å². The fourth-order valence-corrected chi connectivity index (χ4v) is 3.70. The van der Waals surface area contributed by atoms with Crippen LogP contribution in [0.4, 0.5) is 5.00 Å². The van der Waals surface area contributed by atoms with E-state index < -0.39 is 17.8 Å². The summed E-state index contributed by atoms with van der Waals surface area (Å²) in [5, 5.41) is 2.87. The van der Waals surface area contributed by atoms with Gasteiger partial charge in [0.25, 0.3) is 0 Å². The molecule has 120 valence electrons. The summed E-state index contributed by atoms with van der Waals surface area (Å²) in [6.07, 6.45) is 3.72. The van der Waals surface area contributed by atoms with Crippen molar-refractivity contribution < 1.29 is 23.9 Å². The van der Waals surface area contributed by atoms with E-state index in [1.807, 2.05) is 0 Å². The second-order valence-corrected chi connectivity index (χ2v) is 5.92. The highest BCUT2D eigenvalue weighted by Crippen LogP contribution is 2.38. The molecule has 1 aromatic rings. The zero-order chi connectivity index (χ0) is 16.1. The van der Waals surface area contributed by atoms with Crippen LogP contribution < -0.4 is 5.32 Å². The van der Waals surface area contributed by atoms with Crippen LogP contribution in [0.25, 0.3) is 0 Å². The first-order chi connectivity index (χ1) is 10.6. The fraction of sp³-hybridized carbons (Fsp3) is 0.533. The lowest BCUT2D eigenvalue weighted by atomic mass is 9.95. The third-order valence-corrected chi connectivity index (χ3v) is 4.55. The number of ether oxygens (including phenoxy) is 2. The number of amides is 1. The van der Waals surface area contributed by atoms with Crippen LogP contribution in [0.5, 0.6) is 0 Å². The van der Waals surface area contributed by atoms with Crippen molar-refractivity contribution in [3.63, 3.8) is 0 Å². The van der Waals surface area contributed by atoms with Gasteiger partial charge in [-0.05, 0) is 45.1 Å². The second kappa shape index (κ2) is 7.40. The maximum absolute atomic E-state index is 12.2. The molecule has 0 aliphatic heterocycles. The number of rotatable bonds is 4. The van der Waals surface area contributed by atoms with E-state index in [1.54, 1.807) is 13.8 Å². The van der Waals surface area contributed by atoms with Crippen molar-refractivity contribution in [1.82, 2.24) is 0 Å². The smallest absolute Gasteiger partial charge is 0.397 e. The molecule has 6 nitrogen and oxygen atoms in total. The molecule has 1 aromatic heterocycles. The summed E-state index contributed by atoms with van der Waals surface area (Å²) in [7, 11) is 0. The number of thiophene rings is 1. The summed E-state index contributed by atoms with van der Waals surface area (Å²) in [4.78, 5) is 36.5. The molecule has 0 saturated heterocycles. The highest BCUT2D eigenvalue weighted by Gasteiger charge is 2.28. The monoisotopic (exact) mass is 325 g/mol. The Labute approximate surface area is 132 Å². The molecule has 1 N–H and O–H groups in total. The first kappa shape index (κ1) is 16.5. The number of fused-ring (bicyclic) bond motifs is 1. The standard InChI is InChI=1S/C15H19NO5S/c1-3-20-14(18)11-9-7-5-6-8-10(9)22-13(11)16-12(17)15(19)21-4-2/h3-8H2,1-2H3,(H,16,17). The molecule has 0 aromatic carbocycles. The van der Waals surface area contributed by atoms with Crippen LogP contribution >= 0.6 is 11.3 Å². The molecule has 2 rings (SSSR count). The summed E-state index contributed by atoms with van der Waals surface area (Å²) < 4.78 is 9.75. The summed E-state index contributed by atoms with van der Waals surface area (Å²) in [6, 6.07) is 0. The summed E-state index contributed by atoms with van der Waals surface area (Å²) in [6.45, 7) is 3.74. The molecule has 0 atom stereocenters. The first-order valence-corrected chi connectivity index (χ1v) is 8.19. The maximum Gasteiger partial charge on any atom is 0.397 e. The van der Waals surface area contributed by atoms with Gasteiger partial charge in [0.15, 0.2) is 0 Å². The quantitative estimate of drug-likeness (QED) is 0.678. The molecule has 1 aliphatic rings. The second-order valence-electron chi connectivity index (χ2n) is 4.81. The predicted octanol–water partition coefficient (Wildman–Crippen LogP) is 2.31. The Hall–Kier alpha value is -1.89. The SMILES string of the molecule is CCOC(=O)C(=O)Nc1sc2c(c1C(=O)OCC)CCCC2. The Kier molecular flexibility index (Phi) is 5.54. The largest absolute Gasteiger partial charge is 0.462 e. The van der Waals surface area contributed by atoms with Gasteiger partial charge in [0.1, 0.15) is 5.00 Å². The van der Waals surface area contributed by atoms with Gasteiger partial charge in [-0.15, -0.1) is 11.3 Å². The van der Waals surface area contributed by atoms with E-state index in [-0.39, 0.29) is 13.2 Å². The van der Waals surface area contributed by atoms with E-state index in [4.69, 9.17) is 4.74 Å². The van der Waals surface area contributed by atoms with Crippen LogP contribution in [-0.2, 0) is 31.9 Å². The van der Waals surface area contributed by atoms with Crippen molar-refractivity contribution in [2.45, 2.75) is 39.5 Å².